The quantitative estimate of drug-likeness (QED) is 0.663. The van der Waals surface area contributed by atoms with E-state index >= 15 is 0 Å². The van der Waals surface area contributed by atoms with Gasteiger partial charge in [-0.1, -0.05) is 25.1 Å². The molecule has 1 fully saturated rings. The predicted octanol–water partition coefficient (Wildman–Crippen LogP) is 3.65. The normalized spacial score (nSPS) is 19.8. The molecule has 0 bridgehead atoms. The molecule has 0 aliphatic carbocycles. The summed E-state index contributed by atoms with van der Waals surface area (Å²) in [6.45, 7) is 7.53. The van der Waals surface area contributed by atoms with Crippen molar-refractivity contribution in [3.05, 3.63) is 6.07 Å². The fourth-order valence-corrected chi connectivity index (χ4v) is 3.12. The molecule has 1 N–H and O–H groups in total. The van der Waals surface area contributed by atoms with Crippen LogP contribution in [0.25, 0.3) is 0 Å². The first kappa shape index (κ1) is 15.4. The zero-order chi connectivity index (χ0) is 14.4. The minimum Gasteiger partial charge on any atom is -0.370 e. The summed E-state index contributed by atoms with van der Waals surface area (Å²) in [5, 5.41) is 4.16. The second-order valence-corrected chi connectivity index (χ2v) is 6.09. The summed E-state index contributed by atoms with van der Waals surface area (Å²) < 4.78 is 0. The number of hydrogen-bond acceptors (Lipinski definition) is 5. The molecular formula is C15H26N4S. The van der Waals surface area contributed by atoms with Crippen LogP contribution in [0.5, 0.6) is 0 Å². The average molecular weight is 294 g/mol. The summed E-state index contributed by atoms with van der Waals surface area (Å²) >= 11 is 1.61. The van der Waals surface area contributed by atoms with Crippen molar-refractivity contribution >= 4 is 23.4 Å². The maximum atomic E-state index is 4.69. The predicted molar refractivity (Wildman–Crippen MR) is 87.8 cm³/mol. The van der Waals surface area contributed by atoms with Gasteiger partial charge in [0.15, 0.2) is 5.16 Å². The van der Waals surface area contributed by atoms with E-state index in [9.17, 15) is 0 Å². The third-order valence-corrected chi connectivity index (χ3v) is 4.53. The van der Waals surface area contributed by atoms with E-state index in [4.69, 9.17) is 0 Å². The Morgan fingerprint density at radius 1 is 1.30 bits per heavy atom. The molecule has 112 valence electrons. The molecule has 0 amide bonds. The third kappa shape index (κ3) is 4.01. The van der Waals surface area contributed by atoms with Crippen molar-refractivity contribution in [2.24, 2.45) is 5.92 Å². The van der Waals surface area contributed by atoms with Gasteiger partial charge in [0.2, 0.25) is 0 Å². The molecule has 2 heterocycles. The highest BCUT2D eigenvalue weighted by Crippen LogP contribution is 2.26. The smallest absolute Gasteiger partial charge is 0.191 e. The van der Waals surface area contributed by atoms with Gasteiger partial charge in [0.25, 0.3) is 0 Å². The van der Waals surface area contributed by atoms with Crippen LogP contribution in [0.15, 0.2) is 11.2 Å². The SMILES string of the molecule is CCNc1cc(N2CCCC(CC)CC2)nc(SC)n1. The summed E-state index contributed by atoms with van der Waals surface area (Å²) in [6.07, 6.45) is 7.24. The Bertz CT molecular complexity index is 424. The molecule has 1 unspecified atom stereocenters. The molecule has 1 aromatic heterocycles. The van der Waals surface area contributed by atoms with Crippen molar-refractivity contribution in [2.75, 3.05) is 36.1 Å². The van der Waals surface area contributed by atoms with E-state index in [-0.39, 0.29) is 0 Å². The molecule has 1 atom stereocenters. The first-order valence-corrected chi connectivity index (χ1v) is 8.91. The number of rotatable bonds is 5. The fourth-order valence-electron chi connectivity index (χ4n) is 2.74. The molecule has 0 spiro atoms. The first-order valence-electron chi connectivity index (χ1n) is 7.68. The Hall–Kier alpha value is -0.970. The minimum absolute atomic E-state index is 0.856. The van der Waals surface area contributed by atoms with E-state index < -0.39 is 0 Å². The van der Waals surface area contributed by atoms with Crippen LogP contribution in [0.1, 0.15) is 39.5 Å². The number of nitrogens with one attached hydrogen (secondary N) is 1. The van der Waals surface area contributed by atoms with E-state index in [0.717, 1.165) is 42.3 Å². The Morgan fingerprint density at radius 2 is 2.15 bits per heavy atom. The summed E-state index contributed by atoms with van der Waals surface area (Å²) in [5.74, 6) is 2.91. The lowest BCUT2D eigenvalue weighted by atomic mass is 9.98. The Labute approximate surface area is 126 Å². The number of thioether (sulfide) groups is 1. The van der Waals surface area contributed by atoms with Crippen LogP contribution in [0, 0.1) is 5.92 Å². The molecule has 20 heavy (non-hydrogen) atoms. The highest BCUT2D eigenvalue weighted by Gasteiger charge is 2.18. The minimum atomic E-state index is 0.856. The van der Waals surface area contributed by atoms with Gasteiger partial charge < -0.3 is 10.2 Å². The maximum absolute atomic E-state index is 4.69. The lowest BCUT2D eigenvalue weighted by Gasteiger charge is -2.22. The molecule has 0 saturated carbocycles. The van der Waals surface area contributed by atoms with Gasteiger partial charge in [0.05, 0.1) is 0 Å². The molecule has 1 aromatic rings. The summed E-state index contributed by atoms with van der Waals surface area (Å²) in [5.41, 5.74) is 0. The van der Waals surface area contributed by atoms with E-state index in [2.05, 4.69) is 40.1 Å². The molecule has 5 heteroatoms. The summed E-state index contributed by atoms with van der Waals surface area (Å²) in [6, 6.07) is 2.09. The van der Waals surface area contributed by atoms with Crippen molar-refractivity contribution in [3.63, 3.8) is 0 Å². The lowest BCUT2D eigenvalue weighted by molar-refractivity contribution is 0.459. The van der Waals surface area contributed by atoms with Crippen molar-refractivity contribution in [1.29, 1.82) is 0 Å². The topological polar surface area (TPSA) is 41.0 Å². The van der Waals surface area contributed by atoms with Crippen LogP contribution in [0.4, 0.5) is 11.6 Å². The largest absolute Gasteiger partial charge is 0.370 e. The van der Waals surface area contributed by atoms with E-state index in [1.807, 2.05) is 6.26 Å². The Morgan fingerprint density at radius 3 is 2.85 bits per heavy atom. The van der Waals surface area contributed by atoms with E-state index in [0.29, 0.717) is 0 Å². The molecule has 2 rings (SSSR count). The van der Waals surface area contributed by atoms with Gasteiger partial charge >= 0.3 is 0 Å². The Balaban J connectivity index is 2.15. The molecule has 1 aliphatic rings. The zero-order valence-corrected chi connectivity index (χ0v) is 13.7. The van der Waals surface area contributed by atoms with Crippen LogP contribution >= 0.6 is 11.8 Å². The highest BCUT2D eigenvalue weighted by atomic mass is 32.2. The number of nitrogens with zero attached hydrogens (tertiary/aromatic N) is 3. The summed E-state index contributed by atoms with van der Waals surface area (Å²) in [7, 11) is 0. The van der Waals surface area contributed by atoms with Gasteiger partial charge in [0.1, 0.15) is 11.6 Å². The van der Waals surface area contributed by atoms with Gasteiger partial charge in [-0.3, -0.25) is 0 Å². The van der Waals surface area contributed by atoms with Gasteiger partial charge in [-0.2, -0.15) is 0 Å². The van der Waals surface area contributed by atoms with Crippen molar-refractivity contribution in [1.82, 2.24) is 9.97 Å². The second-order valence-electron chi connectivity index (χ2n) is 5.32. The second kappa shape index (κ2) is 7.72. The third-order valence-electron chi connectivity index (χ3n) is 3.98. The van der Waals surface area contributed by atoms with Crippen LogP contribution in [0.2, 0.25) is 0 Å². The lowest BCUT2D eigenvalue weighted by Crippen LogP contribution is -2.25. The highest BCUT2D eigenvalue weighted by molar-refractivity contribution is 7.98. The molecule has 1 saturated heterocycles. The van der Waals surface area contributed by atoms with Gasteiger partial charge in [-0.25, -0.2) is 9.97 Å². The maximum Gasteiger partial charge on any atom is 0.191 e. The fraction of sp³-hybridized carbons (Fsp3) is 0.733. The first-order chi connectivity index (χ1) is 9.76. The van der Waals surface area contributed by atoms with Crippen molar-refractivity contribution in [2.45, 2.75) is 44.7 Å². The molecule has 4 nitrogen and oxygen atoms in total. The standard InChI is InChI=1S/C15H26N4S/c1-4-12-7-6-9-19(10-8-12)14-11-13(16-5-2)17-15(18-14)20-3/h11-12H,4-10H2,1-3H3,(H,16,17,18). The van der Waals surface area contributed by atoms with Crippen LogP contribution < -0.4 is 10.2 Å². The van der Waals surface area contributed by atoms with Gasteiger partial charge in [0, 0.05) is 25.7 Å². The van der Waals surface area contributed by atoms with Crippen LogP contribution in [-0.2, 0) is 0 Å². The van der Waals surface area contributed by atoms with E-state index in [1.54, 1.807) is 11.8 Å². The number of aromatic nitrogens is 2. The average Bonchev–Trinajstić information content (AvgIpc) is 2.72. The summed E-state index contributed by atoms with van der Waals surface area (Å²) in [4.78, 5) is 11.6. The van der Waals surface area contributed by atoms with Crippen molar-refractivity contribution < 1.29 is 0 Å². The molecule has 0 aromatic carbocycles. The van der Waals surface area contributed by atoms with E-state index in [1.165, 1.54) is 25.7 Å². The molecule has 0 radical (unpaired) electrons. The molecular weight excluding hydrogens is 268 g/mol. The van der Waals surface area contributed by atoms with Crippen LogP contribution in [-0.4, -0.2) is 35.9 Å². The zero-order valence-electron chi connectivity index (χ0n) is 12.9. The van der Waals surface area contributed by atoms with Gasteiger partial charge in [-0.05, 0) is 38.4 Å². The molecule has 1 aliphatic heterocycles. The number of hydrogen-bond donors (Lipinski definition) is 1. The van der Waals surface area contributed by atoms with Crippen molar-refractivity contribution in [3.8, 4) is 0 Å². The van der Waals surface area contributed by atoms with Gasteiger partial charge in [-0.15, -0.1) is 0 Å². The van der Waals surface area contributed by atoms with Crippen LogP contribution in [0.3, 0.4) is 0 Å². The number of anilines is 2. The Kier molecular flexibility index (Phi) is 5.95. The monoisotopic (exact) mass is 294 g/mol.